The first-order valence-corrected chi connectivity index (χ1v) is 6.20. The zero-order valence-electron chi connectivity index (χ0n) is 11.9. The van der Waals surface area contributed by atoms with E-state index in [4.69, 9.17) is 14.2 Å². The van der Waals surface area contributed by atoms with Crippen LogP contribution in [0.3, 0.4) is 0 Å². The first-order valence-electron chi connectivity index (χ1n) is 6.20. The van der Waals surface area contributed by atoms with Gasteiger partial charge < -0.3 is 14.2 Å². The van der Waals surface area contributed by atoms with E-state index in [1.54, 1.807) is 33.3 Å². The molecular formula is C15H20O4. The molecule has 19 heavy (non-hydrogen) atoms. The number of hydrogen-bond acceptors (Lipinski definition) is 4. The summed E-state index contributed by atoms with van der Waals surface area (Å²) in [5.41, 5.74) is 1.90. The van der Waals surface area contributed by atoms with Gasteiger partial charge in [0.25, 0.3) is 0 Å². The van der Waals surface area contributed by atoms with Gasteiger partial charge in [-0.1, -0.05) is 13.5 Å². The number of esters is 1. The topological polar surface area (TPSA) is 44.8 Å². The zero-order valence-corrected chi connectivity index (χ0v) is 11.9. The Kier molecular flexibility index (Phi) is 5.42. The van der Waals surface area contributed by atoms with Gasteiger partial charge in [-0.15, -0.1) is 0 Å². The van der Waals surface area contributed by atoms with Crippen molar-refractivity contribution < 1.29 is 19.0 Å². The molecule has 4 heteroatoms. The van der Waals surface area contributed by atoms with Crippen LogP contribution in [0, 0.1) is 0 Å². The second kappa shape index (κ2) is 6.83. The molecule has 1 rings (SSSR count). The van der Waals surface area contributed by atoms with Crippen LogP contribution in [-0.4, -0.2) is 26.8 Å². The molecule has 0 aromatic heterocycles. The van der Waals surface area contributed by atoms with Gasteiger partial charge in [0.1, 0.15) is 11.5 Å². The van der Waals surface area contributed by atoms with E-state index in [2.05, 4.69) is 6.58 Å². The summed E-state index contributed by atoms with van der Waals surface area (Å²) in [5, 5.41) is 0. The van der Waals surface area contributed by atoms with E-state index >= 15 is 0 Å². The van der Waals surface area contributed by atoms with Crippen molar-refractivity contribution in [3.05, 3.63) is 29.8 Å². The Morgan fingerprint density at radius 1 is 1.16 bits per heavy atom. The molecule has 0 radical (unpaired) electrons. The van der Waals surface area contributed by atoms with Gasteiger partial charge in [-0.2, -0.15) is 0 Å². The van der Waals surface area contributed by atoms with Gasteiger partial charge in [0.2, 0.25) is 0 Å². The molecule has 0 unspecified atom stereocenters. The molecule has 0 heterocycles. The SMILES string of the molecule is C=C(C(=O)OCC)c1cc(OC)c(CC)c(OC)c1. The number of rotatable bonds is 6. The number of ether oxygens (including phenoxy) is 3. The van der Waals surface area contributed by atoms with Crippen LogP contribution < -0.4 is 9.47 Å². The maximum absolute atomic E-state index is 11.7. The zero-order chi connectivity index (χ0) is 14.4. The normalized spacial score (nSPS) is 9.89. The van der Waals surface area contributed by atoms with Crippen molar-refractivity contribution in [3.63, 3.8) is 0 Å². The van der Waals surface area contributed by atoms with Gasteiger partial charge in [-0.3, -0.25) is 0 Å². The van der Waals surface area contributed by atoms with E-state index in [0.717, 1.165) is 12.0 Å². The molecule has 0 fully saturated rings. The average Bonchev–Trinajstić information content (AvgIpc) is 2.44. The molecule has 0 saturated heterocycles. The van der Waals surface area contributed by atoms with Gasteiger partial charge >= 0.3 is 5.97 Å². The van der Waals surface area contributed by atoms with Crippen molar-refractivity contribution >= 4 is 11.5 Å². The van der Waals surface area contributed by atoms with E-state index in [9.17, 15) is 4.79 Å². The smallest absolute Gasteiger partial charge is 0.338 e. The average molecular weight is 264 g/mol. The predicted molar refractivity (Wildman–Crippen MR) is 74.6 cm³/mol. The molecule has 0 aliphatic rings. The highest BCUT2D eigenvalue weighted by molar-refractivity contribution is 6.15. The van der Waals surface area contributed by atoms with Crippen molar-refractivity contribution in [2.75, 3.05) is 20.8 Å². The van der Waals surface area contributed by atoms with Crippen molar-refractivity contribution in [2.45, 2.75) is 20.3 Å². The minimum Gasteiger partial charge on any atom is -0.496 e. The van der Waals surface area contributed by atoms with Gasteiger partial charge in [-0.05, 0) is 31.0 Å². The van der Waals surface area contributed by atoms with Crippen molar-refractivity contribution in [1.29, 1.82) is 0 Å². The molecule has 0 saturated carbocycles. The summed E-state index contributed by atoms with van der Waals surface area (Å²) in [6, 6.07) is 3.56. The van der Waals surface area contributed by atoms with Crippen molar-refractivity contribution in [1.82, 2.24) is 0 Å². The highest BCUT2D eigenvalue weighted by Gasteiger charge is 2.16. The van der Waals surface area contributed by atoms with Crippen LogP contribution in [0.15, 0.2) is 18.7 Å². The van der Waals surface area contributed by atoms with Crippen LogP contribution in [0.4, 0.5) is 0 Å². The van der Waals surface area contributed by atoms with Crippen LogP contribution in [0.25, 0.3) is 5.57 Å². The van der Waals surface area contributed by atoms with Crippen LogP contribution >= 0.6 is 0 Å². The van der Waals surface area contributed by atoms with Crippen molar-refractivity contribution in [2.24, 2.45) is 0 Å². The molecule has 0 amide bonds. The van der Waals surface area contributed by atoms with E-state index in [0.29, 0.717) is 29.2 Å². The Bertz CT molecular complexity index is 452. The lowest BCUT2D eigenvalue weighted by molar-refractivity contribution is -0.136. The van der Waals surface area contributed by atoms with Crippen LogP contribution in [0.5, 0.6) is 11.5 Å². The summed E-state index contributed by atoms with van der Waals surface area (Å²) in [4.78, 5) is 11.7. The maximum Gasteiger partial charge on any atom is 0.338 e. The fraction of sp³-hybridized carbons (Fsp3) is 0.400. The summed E-state index contributed by atoms with van der Waals surface area (Å²) in [5.74, 6) is 0.931. The molecule has 0 aliphatic carbocycles. The van der Waals surface area contributed by atoms with Gasteiger partial charge in [0, 0.05) is 5.56 Å². The molecule has 0 aliphatic heterocycles. The summed E-state index contributed by atoms with van der Waals surface area (Å²) in [7, 11) is 3.18. The molecule has 4 nitrogen and oxygen atoms in total. The molecular weight excluding hydrogens is 244 g/mol. The molecule has 1 aromatic rings. The number of methoxy groups -OCH3 is 2. The third-order valence-corrected chi connectivity index (χ3v) is 2.83. The fourth-order valence-electron chi connectivity index (χ4n) is 1.84. The molecule has 0 bridgehead atoms. The summed E-state index contributed by atoms with van der Waals surface area (Å²) < 4.78 is 15.6. The molecule has 0 N–H and O–H groups in total. The van der Waals surface area contributed by atoms with Crippen molar-refractivity contribution in [3.8, 4) is 11.5 Å². The first-order chi connectivity index (χ1) is 9.08. The number of benzene rings is 1. The Labute approximate surface area is 114 Å². The van der Waals surface area contributed by atoms with Gasteiger partial charge in [-0.25, -0.2) is 4.79 Å². The largest absolute Gasteiger partial charge is 0.496 e. The second-order valence-electron chi connectivity index (χ2n) is 3.91. The quantitative estimate of drug-likeness (QED) is 0.585. The Morgan fingerprint density at radius 2 is 1.68 bits per heavy atom. The maximum atomic E-state index is 11.7. The summed E-state index contributed by atoms with van der Waals surface area (Å²) in [6.45, 7) is 7.85. The lowest BCUT2D eigenvalue weighted by Gasteiger charge is -2.15. The minimum atomic E-state index is -0.434. The third-order valence-electron chi connectivity index (χ3n) is 2.83. The summed E-state index contributed by atoms with van der Waals surface area (Å²) in [6.07, 6.45) is 0.776. The molecule has 0 atom stereocenters. The van der Waals surface area contributed by atoms with E-state index in [-0.39, 0.29) is 0 Å². The number of carbonyl (C=O) groups excluding carboxylic acids is 1. The Balaban J connectivity index is 3.23. The van der Waals surface area contributed by atoms with E-state index < -0.39 is 5.97 Å². The highest BCUT2D eigenvalue weighted by Crippen LogP contribution is 2.33. The summed E-state index contributed by atoms with van der Waals surface area (Å²) >= 11 is 0. The highest BCUT2D eigenvalue weighted by atomic mass is 16.5. The van der Waals surface area contributed by atoms with Crippen LogP contribution in [0.2, 0.25) is 0 Å². The number of carbonyl (C=O) groups is 1. The van der Waals surface area contributed by atoms with Gasteiger partial charge in [0.15, 0.2) is 0 Å². The standard InChI is InChI=1S/C15H20O4/c1-6-12-13(17-4)8-11(9-14(12)18-5)10(3)15(16)19-7-2/h8-9H,3,6-7H2,1-2,4-5H3. The lowest BCUT2D eigenvalue weighted by Crippen LogP contribution is -2.07. The lowest BCUT2D eigenvalue weighted by atomic mass is 10.0. The minimum absolute atomic E-state index is 0.293. The molecule has 104 valence electrons. The Morgan fingerprint density at radius 3 is 2.05 bits per heavy atom. The molecule has 0 spiro atoms. The second-order valence-corrected chi connectivity index (χ2v) is 3.91. The monoisotopic (exact) mass is 264 g/mol. The Hall–Kier alpha value is -1.97. The van der Waals surface area contributed by atoms with Crippen LogP contribution in [-0.2, 0) is 16.0 Å². The fourth-order valence-corrected chi connectivity index (χ4v) is 1.84. The number of hydrogen-bond donors (Lipinski definition) is 0. The van der Waals surface area contributed by atoms with Gasteiger partial charge in [0.05, 0.1) is 26.4 Å². The first kappa shape index (κ1) is 15.1. The van der Waals surface area contributed by atoms with E-state index in [1.165, 1.54) is 0 Å². The third kappa shape index (κ3) is 3.28. The predicted octanol–water partition coefficient (Wildman–Crippen LogP) is 2.84. The van der Waals surface area contributed by atoms with E-state index in [1.807, 2.05) is 6.92 Å². The van der Waals surface area contributed by atoms with Crippen LogP contribution in [0.1, 0.15) is 25.0 Å². The molecule has 1 aromatic carbocycles.